The molecule has 13 heavy (non-hydrogen) atoms. The predicted molar refractivity (Wildman–Crippen MR) is 48.0 cm³/mol. The summed E-state index contributed by atoms with van der Waals surface area (Å²) in [7, 11) is 0. The highest BCUT2D eigenvalue weighted by Crippen LogP contribution is 2.29. The molecule has 0 saturated carbocycles. The second-order valence-corrected chi connectivity index (χ2v) is 3.55. The van der Waals surface area contributed by atoms with Crippen LogP contribution in [0.25, 0.3) is 0 Å². The summed E-state index contributed by atoms with van der Waals surface area (Å²) in [6, 6.07) is 0.278. The van der Waals surface area contributed by atoms with Crippen molar-refractivity contribution in [2.45, 2.75) is 26.0 Å². The number of nitrogens with zero attached hydrogens (tertiary/aromatic N) is 3. The number of aromatic nitrogens is 3. The average Bonchev–Trinajstić information content (AvgIpc) is 2.62. The van der Waals surface area contributed by atoms with Gasteiger partial charge in [-0.1, -0.05) is 6.92 Å². The van der Waals surface area contributed by atoms with Gasteiger partial charge in [0.15, 0.2) is 0 Å². The zero-order valence-electron chi connectivity index (χ0n) is 7.84. The molecule has 0 bridgehead atoms. The average molecular weight is 182 g/mol. The lowest BCUT2D eigenvalue weighted by atomic mass is 10.0. The van der Waals surface area contributed by atoms with Gasteiger partial charge in [0.25, 0.3) is 0 Å². The van der Waals surface area contributed by atoms with Gasteiger partial charge in [0.2, 0.25) is 5.95 Å². The fourth-order valence-corrected chi connectivity index (χ4v) is 1.63. The molecule has 1 saturated heterocycles. The normalized spacial score (nSPS) is 33.8. The van der Waals surface area contributed by atoms with Gasteiger partial charge in [0.05, 0.1) is 18.8 Å². The zero-order valence-corrected chi connectivity index (χ0v) is 7.84. The van der Waals surface area contributed by atoms with Crippen molar-refractivity contribution in [3.63, 3.8) is 0 Å². The third-order valence-corrected chi connectivity index (χ3v) is 2.74. The Morgan fingerprint density at radius 1 is 1.62 bits per heavy atom. The molecule has 1 aliphatic rings. The van der Waals surface area contributed by atoms with E-state index in [-0.39, 0.29) is 12.1 Å². The number of ether oxygens (including phenoxy) is 1. The molecule has 2 N–H and O–H groups in total. The summed E-state index contributed by atoms with van der Waals surface area (Å²) < 4.78 is 7.31. The van der Waals surface area contributed by atoms with Gasteiger partial charge in [-0.05, 0) is 6.92 Å². The van der Waals surface area contributed by atoms with Crippen LogP contribution in [-0.4, -0.2) is 27.5 Å². The fourth-order valence-electron chi connectivity index (χ4n) is 1.63. The first kappa shape index (κ1) is 8.50. The molecule has 0 spiro atoms. The van der Waals surface area contributed by atoms with E-state index in [1.165, 1.54) is 0 Å². The third kappa shape index (κ3) is 1.39. The number of anilines is 1. The lowest BCUT2D eigenvalue weighted by Crippen LogP contribution is -2.18. The first-order valence-electron chi connectivity index (χ1n) is 4.46. The van der Waals surface area contributed by atoms with E-state index in [1.54, 1.807) is 11.0 Å². The van der Waals surface area contributed by atoms with E-state index in [0.717, 1.165) is 0 Å². The smallest absolute Gasteiger partial charge is 0.239 e. The van der Waals surface area contributed by atoms with Gasteiger partial charge in [-0.25, -0.2) is 9.67 Å². The van der Waals surface area contributed by atoms with Crippen molar-refractivity contribution in [3.8, 4) is 0 Å². The Morgan fingerprint density at radius 2 is 2.38 bits per heavy atom. The minimum atomic E-state index is 0.278. The Kier molecular flexibility index (Phi) is 1.95. The molecular formula is C8H14N4O. The van der Waals surface area contributed by atoms with Crippen molar-refractivity contribution in [2.24, 2.45) is 5.92 Å². The highest BCUT2D eigenvalue weighted by molar-refractivity contribution is 5.09. The van der Waals surface area contributed by atoms with E-state index < -0.39 is 0 Å². The molecule has 2 heterocycles. The van der Waals surface area contributed by atoms with Crippen molar-refractivity contribution >= 4 is 5.95 Å². The molecule has 5 nitrogen and oxygen atoms in total. The van der Waals surface area contributed by atoms with Gasteiger partial charge in [0, 0.05) is 5.92 Å². The Hall–Kier alpha value is -1.10. The second-order valence-electron chi connectivity index (χ2n) is 3.55. The zero-order chi connectivity index (χ0) is 9.42. The van der Waals surface area contributed by atoms with Crippen molar-refractivity contribution in [1.29, 1.82) is 0 Å². The molecule has 0 aliphatic carbocycles. The Labute approximate surface area is 76.9 Å². The second kappa shape index (κ2) is 2.99. The third-order valence-electron chi connectivity index (χ3n) is 2.74. The van der Waals surface area contributed by atoms with E-state index in [4.69, 9.17) is 10.5 Å². The number of rotatable bonds is 1. The number of nitrogens with two attached hydrogens (primary N) is 1. The van der Waals surface area contributed by atoms with Gasteiger partial charge >= 0.3 is 0 Å². The molecule has 1 fully saturated rings. The highest BCUT2D eigenvalue weighted by atomic mass is 16.5. The van der Waals surface area contributed by atoms with Gasteiger partial charge in [-0.2, -0.15) is 0 Å². The van der Waals surface area contributed by atoms with Crippen molar-refractivity contribution in [3.05, 3.63) is 6.33 Å². The van der Waals surface area contributed by atoms with E-state index >= 15 is 0 Å². The minimum absolute atomic E-state index is 0.278. The Balaban J connectivity index is 2.18. The predicted octanol–water partition coefficient (Wildman–Crippen LogP) is 0.456. The molecule has 3 atom stereocenters. The van der Waals surface area contributed by atoms with Crippen LogP contribution in [0.5, 0.6) is 0 Å². The molecule has 0 radical (unpaired) electrons. The van der Waals surface area contributed by atoms with Crippen LogP contribution < -0.4 is 5.73 Å². The topological polar surface area (TPSA) is 66.0 Å². The summed E-state index contributed by atoms with van der Waals surface area (Å²) in [5.74, 6) is 0.785. The van der Waals surface area contributed by atoms with Gasteiger partial charge in [-0.3, -0.25) is 0 Å². The molecule has 5 heteroatoms. The minimum Gasteiger partial charge on any atom is -0.376 e. The first-order valence-corrected chi connectivity index (χ1v) is 4.46. The number of hydrogen-bond donors (Lipinski definition) is 1. The SMILES string of the molecule is CC1OCC(n2cnc(N)n2)C1C. The van der Waals surface area contributed by atoms with Crippen LogP contribution in [0.3, 0.4) is 0 Å². The lowest BCUT2D eigenvalue weighted by Gasteiger charge is -2.14. The molecule has 0 amide bonds. The van der Waals surface area contributed by atoms with Crippen LogP contribution in [0.4, 0.5) is 5.95 Å². The van der Waals surface area contributed by atoms with Crippen molar-refractivity contribution in [1.82, 2.24) is 14.8 Å². The van der Waals surface area contributed by atoms with Crippen LogP contribution in [0.15, 0.2) is 6.33 Å². The maximum absolute atomic E-state index is 5.51. The summed E-state index contributed by atoms with van der Waals surface area (Å²) in [6.45, 7) is 4.93. The summed E-state index contributed by atoms with van der Waals surface area (Å²) in [5.41, 5.74) is 5.44. The molecule has 1 aromatic heterocycles. The fraction of sp³-hybridized carbons (Fsp3) is 0.750. The number of hydrogen-bond acceptors (Lipinski definition) is 4. The Morgan fingerprint density at radius 3 is 2.85 bits per heavy atom. The molecule has 0 aromatic carbocycles. The van der Waals surface area contributed by atoms with E-state index in [1.807, 2.05) is 0 Å². The van der Waals surface area contributed by atoms with Crippen LogP contribution >= 0.6 is 0 Å². The lowest BCUT2D eigenvalue weighted by molar-refractivity contribution is 0.108. The van der Waals surface area contributed by atoms with Crippen molar-refractivity contribution < 1.29 is 4.74 Å². The van der Waals surface area contributed by atoms with Gasteiger partial charge in [0.1, 0.15) is 6.33 Å². The maximum atomic E-state index is 5.51. The van der Waals surface area contributed by atoms with Gasteiger partial charge < -0.3 is 10.5 Å². The van der Waals surface area contributed by atoms with E-state index in [0.29, 0.717) is 18.5 Å². The molecule has 3 unspecified atom stereocenters. The van der Waals surface area contributed by atoms with E-state index in [2.05, 4.69) is 23.9 Å². The quantitative estimate of drug-likeness (QED) is 0.685. The first-order chi connectivity index (χ1) is 6.18. The molecule has 72 valence electrons. The van der Waals surface area contributed by atoms with Crippen molar-refractivity contribution in [2.75, 3.05) is 12.3 Å². The van der Waals surface area contributed by atoms with Crippen LogP contribution in [0.1, 0.15) is 19.9 Å². The van der Waals surface area contributed by atoms with Crippen LogP contribution in [0.2, 0.25) is 0 Å². The molecule has 2 rings (SSSR count). The number of nitrogen functional groups attached to an aromatic ring is 1. The van der Waals surface area contributed by atoms with Crippen LogP contribution in [0, 0.1) is 5.92 Å². The van der Waals surface area contributed by atoms with E-state index in [9.17, 15) is 0 Å². The molecule has 1 aromatic rings. The van der Waals surface area contributed by atoms with Crippen LogP contribution in [-0.2, 0) is 4.74 Å². The monoisotopic (exact) mass is 182 g/mol. The summed E-state index contributed by atoms with van der Waals surface area (Å²) in [5, 5.41) is 4.08. The standard InChI is InChI=1S/C8H14N4O/c1-5-6(2)13-3-7(5)12-4-10-8(9)11-12/h4-7H,3H2,1-2H3,(H2,9,11). The summed E-state index contributed by atoms with van der Waals surface area (Å²) >= 11 is 0. The Bertz CT molecular complexity index is 298. The maximum Gasteiger partial charge on any atom is 0.239 e. The van der Waals surface area contributed by atoms with Gasteiger partial charge in [-0.15, -0.1) is 5.10 Å². The largest absolute Gasteiger partial charge is 0.376 e. The molecule has 1 aliphatic heterocycles. The molecular weight excluding hydrogens is 168 g/mol. The summed E-state index contributed by atoms with van der Waals surface area (Å²) in [6.07, 6.45) is 1.95. The summed E-state index contributed by atoms with van der Waals surface area (Å²) in [4.78, 5) is 3.89. The highest BCUT2D eigenvalue weighted by Gasteiger charge is 2.32.